The maximum absolute atomic E-state index is 4.38. The first-order valence-corrected chi connectivity index (χ1v) is 8.19. The van der Waals surface area contributed by atoms with Gasteiger partial charge in [0.25, 0.3) is 0 Å². The highest BCUT2D eigenvalue weighted by Crippen LogP contribution is 2.28. The summed E-state index contributed by atoms with van der Waals surface area (Å²) in [6.07, 6.45) is 4.89. The number of rotatable bonds is 6. The SMILES string of the molecule is CCc1cc2c(NCCCc3ccccc3)ncnc2s1. The molecule has 0 bridgehead atoms. The van der Waals surface area contributed by atoms with Crippen molar-refractivity contribution in [3.8, 4) is 0 Å². The summed E-state index contributed by atoms with van der Waals surface area (Å²) in [5.41, 5.74) is 1.39. The van der Waals surface area contributed by atoms with Crippen LogP contribution in [0.2, 0.25) is 0 Å². The molecule has 0 aliphatic rings. The Morgan fingerprint density at radius 3 is 2.81 bits per heavy atom. The number of aromatic nitrogens is 2. The number of benzene rings is 1. The van der Waals surface area contributed by atoms with Gasteiger partial charge < -0.3 is 5.32 Å². The van der Waals surface area contributed by atoms with Gasteiger partial charge in [0.1, 0.15) is 17.0 Å². The van der Waals surface area contributed by atoms with Crippen LogP contribution in [-0.4, -0.2) is 16.5 Å². The molecular weight excluding hydrogens is 278 g/mol. The first kappa shape index (κ1) is 14.0. The highest BCUT2D eigenvalue weighted by Gasteiger charge is 2.07. The molecule has 2 aromatic heterocycles. The van der Waals surface area contributed by atoms with Gasteiger partial charge in [-0.3, -0.25) is 0 Å². The van der Waals surface area contributed by atoms with E-state index in [9.17, 15) is 0 Å². The van der Waals surface area contributed by atoms with Crippen LogP contribution in [0.25, 0.3) is 10.2 Å². The molecule has 3 aromatic rings. The van der Waals surface area contributed by atoms with Crippen molar-refractivity contribution in [3.05, 3.63) is 53.2 Å². The van der Waals surface area contributed by atoms with Crippen molar-refractivity contribution in [3.63, 3.8) is 0 Å². The average molecular weight is 297 g/mol. The molecule has 2 heterocycles. The molecule has 108 valence electrons. The topological polar surface area (TPSA) is 37.8 Å². The van der Waals surface area contributed by atoms with Gasteiger partial charge in [-0.25, -0.2) is 9.97 Å². The monoisotopic (exact) mass is 297 g/mol. The van der Waals surface area contributed by atoms with Gasteiger partial charge in [-0.05, 0) is 30.9 Å². The van der Waals surface area contributed by atoms with E-state index in [-0.39, 0.29) is 0 Å². The molecule has 1 N–H and O–H groups in total. The first-order chi connectivity index (χ1) is 10.4. The number of fused-ring (bicyclic) bond motifs is 1. The van der Waals surface area contributed by atoms with Gasteiger partial charge in [0.15, 0.2) is 0 Å². The highest BCUT2D eigenvalue weighted by atomic mass is 32.1. The van der Waals surface area contributed by atoms with Crippen LogP contribution in [0.4, 0.5) is 5.82 Å². The number of nitrogens with zero attached hydrogens (tertiary/aromatic N) is 2. The van der Waals surface area contributed by atoms with E-state index >= 15 is 0 Å². The maximum Gasteiger partial charge on any atom is 0.138 e. The minimum atomic E-state index is 0.929. The van der Waals surface area contributed by atoms with Crippen molar-refractivity contribution in [2.45, 2.75) is 26.2 Å². The molecule has 0 atom stereocenters. The average Bonchev–Trinajstić information content (AvgIpc) is 2.96. The fourth-order valence-electron chi connectivity index (χ4n) is 2.36. The third kappa shape index (κ3) is 3.39. The molecule has 21 heavy (non-hydrogen) atoms. The second-order valence-corrected chi connectivity index (χ2v) is 6.14. The number of thiophene rings is 1. The summed E-state index contributed by atoms with van der Waals surface area (Å²) in [6, 6.07) is 12.8. The molecule has 0 aliphatic carbocycles. The largest absolute Gasteiger partial charge is 0.369 e. The Morgan fingerprint density at radius 1 is 1.14 bits per heavy atom. The van der Waals surface area contributed by atoms with Gasteiger partial charge in [-0.2, -0.15) is 0 Å². The minimum absolute atomic E-state index is 0.929. The van der Waals surface area contributed by atoms with Gasteiger partial charge in [0.2, 0.25) is 0 Å². The lowest BCUT2D eigenvalue weighted by molar-refractivity contribution is 0.859. The molecule has 0 amide bonds. The summed E-state index contributed by atoms with van der Waals surface area (Å²) >= 11 is 1.76. The quantitative estimate of drug-likeness (QED) is 0.689. The lowest BCUT2D eigenvalue weighted by atomic mass is 10.1. The van der Waals surface area contributed by atoms with E-state index in [0.717, 1.165) is 41.8 Å². The minimum Gasteiger partial charge on any atom is -0.369 e. The number of anilines is 1. The van der Waals surface area contributed by atoms with E-state index in [1.807, 2.05) is 0 Å². The van der Waals surface area contributed by atoms with Gasteiger partial charge in [-0.15, -0.1) is 11.3 Å². The molecule has 0 aliphatic heterocycles. The predicted octanol–water partition coefficient (Wildman–Crippen LogP) is 4.30. The first-order valence-electron chi connectivity index (χ1n) is 7.38. The Bertz CT molecular complexity index is 706. The van der Waals surface area contributed by atoms with Crippen LogP contribution in [0.3, 0.4) is 0 Å². The summed E-state index contributed by atoms with van der Waals surface area (Å²) in [4.78, 5) is 11.2. The molecular formula is C17H19N3S. The fraction of sp³-hybridized carbons (Fsp3) is 0.294. The number of nitrogens with one attached hydrogen (secondary N) is 1. The zero-order chi connectivity index (χ0) is 14.5. The van der Waals surface area contributed by atoms with Crippen molar-refractivity contribution in [2.24, 2.45) is 0 Å². The van der Waals surface area contributed by atoms with Crippen LogP contribution >= 0.6 is 11.3 Å². The van der Waals surface area contributed by atoms with E-state index in [0.29, 0.717) is 0 Å². The summed E-state index contributed by atoms with van der Waals surface area (Å²) in [5.74, 6) is 0.962. The molecule has 3 nitrogen and oxygen atoms in total. The van der Waals surface area contributed by atoms with Gasteiger partial charge >= 0.3 is 0 Å². The van der Waals surface area contributed by atoms with Crippen molar-refractivity contribution in [1.29, 1.82) is 0 Å². The number of aryl methyl sites for hydroxylation is 2. The lowest BCUT2D eigenvalue weighted by Gasteiger charge is -2.06. The Balaban J connectivity index is 1.61. The van der Waals surface area contributed by atoms with Crippen molar-refractivity contribution < 1.29 is 0 Å². The smallest absolute Gasteiger partial charge is 0.138 e. The molecule has 0 radical (unpaired) electrons. The third-order valence-electron chi connectivity index (χ3n) is 3.51. The predicted molar refractivity (Wildman–Crippen MR) is 90.0 cm³/mol. The number of hydrogen-bond acceptors (Lipinski definition) is 4. The Labute approximate surface area is 129 Å². The Kier molecular flexibility index (Phi) is 4.46. The van der Waals surface area contributed by atoms with Gasteiger partial charge in [0, 0.05) is 11.4 Å². The summed E-state index contributed by atoms with van der Waals surface area (Å²) in [5, 5.41) is 4.60. The van der Waals surface area contributed by atoms with Crippen LogP contribution in [0.5, 0.6) is 0 Å². The summed E-state index contributed by atoms with van der Waals surface area (Å²) < 4.78 is 0. The van der Waals surface area contributed by atoms with Crippen molar-refractivity contribution in [2.75, 3.05) is 11.9 Å². The molecule has 0 spiro atoms. The van der Waals surface area contributed by atoms with Crippen LogP contribution in [0, 0.1) is 0 Å². The Hall–Kier alpha value is -1.94. The fourth-order valence-corrected chi connectivity index (χ4v) is 3.30. The van der Waals surface area contributed by atoms with E-state index < -0.39 is 0 Å². The molecule has 0 saturated carbocycles. The molecule has 0 fully saturated rings. The van der Waals surface area contributed by atoms with Crippen molar-refractivity contribution >= 4 is 27.4 Å². The second-order valence-electron chi connectivity index (χ2n) is 5.02. The molecule has 4 heteroatoms. The summed E-state index contributed by atoms with van der Waals surface area (Å²) in [7, 11) is 0. The zero-order valence-electron chi connectivity index (χ0n) is 12.2. The van der Waals surface area contributed by atoms with Crippen LogP contribution in [0.15, 0.2) is 42.7 Å². The number of hydrogen-bond donors (Lipinski definition) is 1. The molecule has 3 rings (SSSR count). The Morgan fingerprint density at radius 2 is 2.00 bits per heavy atom. The molecule has 0 unspecified atom stereocenters. The summed E-state index contributed by atoms with van der Waals surface area (Å²) in [6.45, 7) is 3.10. The van der Waals surface area contributed by atoms with Crippen LogP contribution < -0.4 is 5.32 Å². The second kappa shape index (κ2) is 6.68. The van der Waals surface area contributed by atoms with Crippen LogP contribution in [-0.2, 0) is 12.8 Å². The normalized spacial score (nSPS) is 10.9. The lowest BCUT2D eigenvalue weighted by Crippen LogP contribution is -2.05. The van der Waals surface area contributed by atoms with E-state index in [4.69, 9.17) is 0 Å². The highest BCUT2D eigenvalue weighted by molar-refractivity contribution is 7.18. The van der Waals surface area contributed by atoms with Crippen LogP contribution in [0.1, 0.15) is 23.8 Å². The zero-order valence-corrected chi connectivity index (χ0v) is 13.0. The third-order valence-corrected chi connectivity index (χ3v) is 4.69. The van der Waals surface area contributed by atoms with E-state index in [2.05, 4.69) is 58.6 Å². The molecule has 1 aromatic carbocycles. The van der Waals surface area contributed by atoms with Crippen molar-refractivity contribution in [1.82, 2.24) is 9.97 Å². The van der Waals surface area contributed by atoms with E-state index in [1.165, 1.54) is 10.4 Å². The standard InChI is InChI=1S/C17H19N3S/c1-2-14-11-15-16(19-12-20-17(15)21-14)18-10-6-9-13-7-4-3-5-8-13/h3-5,7-8,11-12H,2,6,9-10H2,1H3,(H,18,19,20). The van der Waals surface area contributed by atoms with Gasteiger partial charge in [-0.1, -0.05) is 37.3 Å². The van der Waals surface area contributed by atoms with E-state index in [1.54, 1.807) is 17.7 Å². The van der Waals surface area contributed by atoms with Gasteiger partial charge in [0.05, 0.1) is 5.39 Å². The maximum atomic E-state index is 4.38. The molecule has 0 saturated heterocycles.